The normalized spacial score (nSPS) is 10.6. The molecular weight excluding hydrogens is 479 g/mol. The maximum Gasteiger partial charge on any atom is 0.287 e. The largest absolute Gasteiger partial charge is 0.368 e. The Bertz CT molecular complexity index is 1390. The first kappa shape index (κ1) is 23.2. The van der Waals surface area contributed by atoms with Crippen molar-refractivity contribution in [2.45, 2.75) is 0 Å². The lowest BCUT2D eigenvalue weighted by Crippen LogP contribution is -2.18. The molecule has 2 N–H and O–H groups in total. The van der Waals surface area contributed by atoms with Crippen molar-refractivity contribution in [3.8, 4) is 16.9 Å². The van der Waals surface area contributed by atoms with Crippen LogP contribution in [0, 0.1) is 10.1 Å². The number of nitrogens with zero attached hydrogens (tertiary/aromatic N) is 4. The Morgan fingerprint density at radius 3 is 2.41 bits per heavy atom. The molecule has 0 unspecified atom stereocenters. The quantitative estimate of drug-likeness (QED) is 0.199. The lowest BCUT2D eigenvalue weighted by atomic mass is 10.1. The van der Waals surface area contributed by atoms with E-state index in [1.807, 2.05) is 0 Å². The fourth-order valence-corrected chi connectivity index (χ4v) is 3.73. The molecule has 0 spiro atoms. The molecule has 0 aliphatic carbocycles. The molecule has 0 atom stereocenters. The van der Waals surface area contributed by atoms with E-state index in [0.29, 0.717) is 51.7 Å². The SMILES string of the molecule is O=c1ccccn1-c1ccc(NCCNc2ccc([N+](=O)[O-])cn2)nc1-c1ccc(Cl)cc1Cl. The minimum absolute atomic E-state index is 0.0705. The Labute approximate surface area is 204 Å². The van der Waals surface area contributed by atoms with Gasteiger partial charge in [0.05, 0.1) is 21.3 Å². The minimum Gasteiger partial charge on any atom is -0.368 e. The van der Waals surface area contributed by atoms with Gasteiger partial charge in [-0.05, 0) is 42.5 Å². The molecule has 34 heavy (non-hydrogen) atoms. The molecule has 0 saturated carbocycles. The number of benzene rings is 1. The van der Waals surface area contributed by atoms with Crippen LogP contribution < -0.4 is 16.2 Å². The van der Waals surface area contributed by atoms with Gasteiger partial charge in [-0.2, -0.15) is 0 Å². The number of halogens is 2. The van der Waals surface area contributed by atoms with Crippen LogP contribution in [0.3, 0.4) is 0 Å². The Morgan fingerprint density at radius 1 is 0.971 bits per heavy atom. The summed E-state index contributed by atoms with van der Waals surface area (Å²) in [5.74, 6) is 1.10. The molecule has 0 aliphatic heterocycles. The van der Waals surface area contributed by atoms with Crippen LogP contribution in [0.5, 0.6) is 0 Å². The van der Waals surface area contributed by atoms with E-state index in [1.54, 1.807) is 54.7 Å². The van der Waals surface area contributed by atoms with Crippen LogP contribution in [0.4, 0.5) is 17.3 Å². The minimum atomic E-state index is -0.498. The van der Waals surface area contributed by atoms with Gasteiger partial charge in [0.25, 0.3) is 11.2 Å². The van der Waals surface area contributed by atoms with E-state index in [2.05, 4.69) is 15.6 Å². The van der Waals surface area contributed by atoms with Gasteiger partial charge in [-0.1, -0.05) is 29.3 Å². The van der Waals surface area contributed by atoms with Gasteiger partial charge in [0.2, 0.25) is 0 Å². The molecule has 1 aromatic carbocycles. The summed E-state index contributed by atoms with van der Waals surface area (Å²) in [4.78, 5) is 31.4. The monoisotopic (exact) mass is 496 g/mol. The second kappa shape index (κ2) is 10.3. The third kappa shape index (κ3) is 5.33. The highest BCUT2D eigenvalue weighted by atomic mass is 35.5. The highest BCUT2D eigenvalue weighted by molar-refractivity contribution is 6.36. The summed E-state index contributed by atoms with van der Waals surface area (Å²) in [7, 11) is 0. The van der Waals surface area contributed by atoms with Crippen LogP contribution in [-0.2, 0) is 0 Å². The molecule has 3 aromatic heterocycles. The van der Waals surface area contributed by atoms with Crippen molar-refractivity contribution in [1.29, 1.82) is 0 Å². The van der Waals surface area contributed by atoms with E-state index in [9.17, 15) is 14.9 Å². The molecular formula is C23H18Cl2N6O3. The molecule has 3 heterocycles. The first-order chi connectivity index (χ1) is 16.4. The number of rotatable bonds is 8. The third-order valence-electron chi connectivity index (χ3n) is 4.84. The smallest absolute Gasteiger partial charge is 0.287 e. The molecule has 172 valence electrons. The van der Waals surface area contributed by atoms with Gasteiger partial charge in [-0.15, -0.1) is 0 Å². The van der Waals surface area contributed by atoms with E-state index in [1.165, 1.54) is 22.9 Å². The lowest BCUT2D eigenvalue weighted by Gasteiger charge is -2.15. The molecule has 11 heteroatoms. The summed E-state index contributed by atoms with van der Waals surface area (Å²) in [6.07, 6.45) is 2.87. The van der Waals surface area contributed by atoms with E-state index in [0.717, 1.165) is 0 Å². The predicted octanol–water partition coefficient (Wildman–Crippen LogP) is 5.03. The Kier molecular flexibility index (Phi) is 7.05. The molecule has 0 fully saturated rings. The van der Waals surface area contributed by atoms with Crippen molar-refractivity contribution in [1.82, 2.24) is 14.5 Å². The van der Waals surface area contributed by atoms with Gasteiger partial charge in [0.15, 0.2) is 0 Å². The van der Waals surface area contributed by atoms with Crippen molar-refractivity contribution >= 4 is 40.5 Å². The predicted molar refractivity (Wildman–Crippen MR) is 133 cm³/mol. The van der Waals surface area contributed by atoms with Crippen molar-refractivity contribution < 1.29 is 4.92 Å². The van der Waals surface area contributed by atoms with Gasteiger partial charge < -0.3 is 10.6 Å². The van der Waals surface area contributed by atoms with Crippen LogP contribution in [0.25, 0.3) is 16.9 Å². The van der Waals surface area contributed by atoms with Crippen molar-refractivity contribution in [2.24, 2.45) is 0 Å². The second-order valence-electron chi connectivity index (χ2n) is 7.11. The highest BCUT2D eigenvalue weighted by Gasteiger charge is 2.15. The fraction of sp³-hybridized carbons (Fsp3) is 0.0870. The average Bonchev–Trinajstić information content (AvgIpc) is 2.83. The first-order valence-electron chi connectivity index (χ1n) is 10.1. The van der Waals surface area contributed by atoms with Gasteiger partial charge in [0, 0.05) is 42.0 Å². The molecule has 0 saturated heterocycles. The molecule has 0 amide bonds. The van der Waals surface area contributed by atoms with Gasteiger partial charge in [0.1, 0.15) is 17.8 Å². The number of nitrogens with one attached hydrogen (secondary N) is 2. The average molecular weight is 497 g/mol. The first-order valence-corrected chi connectivity index (χ1v) is 10.9. The molecule has 4 rings (SSSR count). The highest BCUT2D eigenvalue weighted by Crippen LogP contribution is 2.33. The zero-order chi connectivity index (χ0) is 24.1. The van der Waals surface area contributed by atoms with E-state index in [4.69, 9.17) is 28.2 Å². The van der Waals surface area contributed by atoms with Crippen LogP contribution in [0.15, 0.2) is 77.9 Å². The van der Waals surface area contributed by atoms with Crippen LogP contribution >= 0.6 is 23.2 Å². The summed E-state index contributed by atoms with van der Waals surface area (Å²) in [6, 6.07) is 16.5. The Balaban J connectivity index is 1.55. The number of hydrogen-bond donors (Lipinski definition) is 2. The fourth-order valence-electron chi connectivity index (χ4n) is 3.23. The zero-order valence-corrected chi connectivity index (χ0v) is 19.1. The molecule has 0 aliphatic rings. The standard InChI is InChI=1S/C23H18Cl2N6O3/c24-15-4-6-17(18(25)13-15)23-19(30-12-2-1-3-22(30)32)7-9-21(29-23)27-11-10-26-20-8-5-16(14-28-20)31(33)34/h1-9,12-14H,10-11H2,(H,26,28)(H,27,29). The topological polar surface area (TPSA) is 115 Å². The van der Waals surface area contributed by atoms with Crippen LogP contribution in [0.2, 0.25) is 10.0 Å². The summed E-state index contributed by atoms with van der Waals surface area (Å²) in [5, 5.41) is 17.9. The van der Waals surface area contributed by atoms with Crippen molar-refractivity contribution in [3.05, 3.63) is 104 Å². The maximum absolute atomic E-state index is 12.4. The number of pyridine rings is 3. The Hall–Kier alpha value is -3.95. The number of nitro groups is 1. The molecule has 0 bridgehead atoms. The Morgan fingerprint density at radius 2 is 1.74 bits per heavy atom. The summed E-state index contributed by atoms with van der Waals surface area (Å²) >= 11 is 12.5. The number of anilines is 2. The zero-order valence-electron chi connectivity index (χ0n) is 17.6. The van der Waals surface area contributed by atoms with Gasteiger partial charge >= 0.3 is 0 Å². The summed E-state index contributed by atoms with van der Waals surface area (Å²) < 4.78 is 1.50. The van der Waals surface area contributed by atoms with Crippen molar-refractivity contribution in [3.63, 3.8) is 0 Å². The van der Waals surface area contributed by atoms with E-state index < -0.39 is 4.92 Å². The van der Waals surface area contributed by atoms with Gasteiger partial charge in [-0.3, -0.25) is 19.5 Å². The van der Waals surface area contributed by atoms with E-state index in [-0.39, 0.29) is 11.2 Å². The molecule has 9 nitrogen and oxygen atoms in total. The molecule has 4 aromatic rings. The van der Waals surface area contributed by atoms with Crippen molar-refractivity contribution in [2.75, 3.05) is 23.7 Å². The number of hydrogen-bond acceptors (Lipinski definition) is 7. The van der Waals surface area contributed by atoms with E-state index >= 15 is 0 Å². The van der Waals surface area contributed by atoms with Gasteiger partial charge in [-0.25, -0.2) is 9.97 Å². The van der Waals surface area contributed by atoms with Crippen LogP contribution in [0.1, 0.15) is 0 Å². The van der Waals surface area contributed by atoms with Crippen LogP contribution in [-0.4, -0.2) is 32.5 Å². The lowest BCUT2D eigenvalue weighted by molar-refractivity contribution is -0.385. The maximum atomic E-state index is 12.4. The molecule has 0 radical (unpaired) electrons. The summed E-state index contributed by atoms with van der Waals surface area (Å²) in [6.45, 7) is 0.980. The third-order valence-corrected chi connectivity index (χ3v) is 5.39. The summed E-state index contributed by atoms with van der Waals surface area (Å²) in [5.41, 5.74) is 1.46. The number of aromatic nitrogens is 3. The second-order valence-corrected chi connectivity index (χ2v) is 7.95.